The molecule has 5 nitrogen and oxygen atoms in total. The van der Waals surface area contributed by atoms with Crippen LogP contribution < -0.4 is 5.32 Å². The average molecular weight is 442 g/mol. The van der Waals surface area contributed by atoms with Gasteiger partial charge in [0, 0.05) is 28.2 Å². The summed E-state index contributed by atoms with van der Waals surface area (Å²) in [4.78, 5) is 23.5. The van der Waals surface area contributed by atoms with Crippen molar-refractivity contribution in [3.8, 4) is 22.5 Å². The molecule has 164 valence electrons. The van der Waals surface area contributed by atoms with Crippen LogP contribution in [0.2, 0.25) is 0 Å². The molecule has 0 aliphatic heterocycles. The maximum atomic E-state index is 13.8. The Balaban J connectivity index is 1.39. The van der Waals surface area contributed by atoms with E-state index in [-0.39, 0.29) is 24.7 Å². The average Bonchev–Trinajstić information content (AvgIpc) is 3.43. The van der Waals surface area contributed by atoms with E-state index >= 15 is 0 Å². The first-order valence-electron chi connectivity index (χ1n) is 10.5. The highest BCUT2D eigenvalue weighted by Gasteiger charge is 2.16. The molecule has 7 heteroatoms. The van der Waals surface area contributed by atoms with Gasteiger partial charge in [0.1, 0.15) is 17.5 Å². The molecule has 5 aromatic rings. The summed E-state index contributed by atoms with van der Waals surface area (Å²) in [5.74, 6) is -0.452. The molecule has 0 atom stereocenters. The van der Waals surface area contributed by atoms with Crippen LogP contribution in [0.1, 0.15) is 11.4 Å². The van der Waals surface area contributed by atoms with E-state index < -0.39 is 5.82 Å². The van der Waals surface area contributed by atoms with Gasteiger partial charge >= 0.3 is 0 Å². The Morgan fingerprint density at radius 1 is 0.909 bits per heavy atom. The van der Waals surface area contributed by atoms with Crippen LogP contribution in [-0.4, -0.2) is 20.9 Å². The SMILES string of the molecule is O=C(Cc1c[nH]c2ccccc12)NCc1nc(-c2cccc(F)c2)c(-c2cccc(F)c2)[nH]1. The van der Waals surface area contributed by atoms with Gasteiger partial charge in [0.2, 0.25) is 5.91 Å². The fraction of sp³-hybridized carbons (Fsp3) is 0.0769. The van der Waals surface area contributed by atoms with Gasteiger partial charge in [-0.25, -0.2) is 13.8 Å². The third-order valence-corrected chi connectivity index (χ3v) is 5.44. The number of halogens is 2. The molecule has 0 bridgehead atoms. The van der Waals surface area contributed by atoms with Crippen molar-refractivity contribution < 1.29 is 13.6 Å². The molecule has 3 aromatic carbocycles. The fourth-order valence-electron chi connectivity index (χ4n) is 3.90. The van der Waals surface area contributed by atoms with E-state index in [9.17, 15) is 13.6 Å². The number of rotatable bonds is 6. The summed E-state index contributed by atoms with van der Waals surface area (Å²) in [5, 5.41) is 3.88. The molecule has 0 spiro atoms. The van der Waals surface area contributed by atoms with E-state index in [2.05, 4.69) is 20.3 Å². The summed E-state index contributed by atoms with van der Waals surface area (Å²) in [6.45, 7) is 0.152. The molecule has 0 saturated heterocycles. The van der Waals surface area contributed by atoms with Gasteiger partial charge in [-0.3, -0.25) is 4.79 Å². The molecule has 0 fully saturated rings. The van der Waals surface area contributed by atoms with Crippen molar-refractivity contribution in [3.05, 3.63) is 102 Å². The predicted molar refractivity (Wildman–Crippen MR) is 123 cm³/mol. The molecule has 0 aliphatic carbocycles. The van der Waals surface area contributed by atoms with Crippen LogP contribution in [0, 0.1) is 11.6 Å². The monoisotopic (exact) mass is 442 g/mol. The van der Waals surface area contributed by atoms with Crippen molar-refractivity contribution in [3.63, 3.8) is 0 Å². The van der Waals surface area contributed by atoms with Crippen LogP contribution >= 0.6 is 0 Å². The van der Waals surface area contributed by atoms with Crippen molar-refractivity contribution in [2.45, 2.75) is 13.0 Å². The summed E-state index contributed by atoms with van der Waals surface area (Å²) in [7, 11) is 0. The third kappa shape index (κ3) is 4.39. The minimum absolute atomic E-state index is 0.152. The van der Waals surface area contributed by atoms with E-state index in [4.69, 9.17) is 0 Å². The van der Waals surface area contributed by atoms with Gasteiger partial charge in [0.15, 0.2) is 0 Å². The number of carbonyl (C=O) groups is 1. The lowest BCUT2D eigenvalue weighted by Gasteiger charge is -2.04. The zero-order valence-electron chi connectivity index (χ0n) is 17.5. The Hall–Kier alpha value is -4.26. The lowest BCUT2D eigenvalue weighted by Crippen LogP contribution is -2.25. The number of carbonyl (C=O) groups excluding carboxylic acids is 1. The minimum atomic E-state index is -0.394. The fourth-order valence-corrected chi connectivity index (χ4v) is 3.90. The minimum Gasteiger partial charge on any atom is -0.361 e. The Morgan fingerprint density at radius 3 is 2.42 bits per heavy atom. The van der Waals surface area contributed by atoms with Crippen LogP contribution in [-0.2, 0) is 17.8 Å². The molecular weight excluding hydrogens is 422 g/mol. The van der Waals surface area contributed by atoms with Gasteiger partial charge in [-0.1, -0.05) is 42.5 Å². The second kappa shape index (κ2) is 8.70. The summed E-state index contributed by atoms with van der Waals surface area (Å²) in [6, 6.07) is 19.9. The Labute approximate surface area is 188 Å². The number of H-pyrrole nitrogens is 2. The molecule has 2 aromatic heterocycles. The van der Waals surface area contributed by atoms with E-state index in [1.807, 2.05) is 30.5 Å². The van der Waals surface area contributed by atoms with E-state index in [1.165, 1.54) is 24.3 Å². The smallest absolute Gasteiger partial charge is 0.224 e. The van der Waals surface area contributed by atoms with Crippen LogP contribution in [0.25, 0.3) is 33.4 Å². The molecule has 0 aliphatic rings. The summed E-state index contributed by atoms with van der Waals surface area (Å²) >= 11 is 0. The molecular formula is C26H20F2N4O. The van der Waals surface area contributed by atoms with Gasteiger partial charge < -0.3 is 15.3 Å². The van der Waals surface area contributed by atoms with Gasteiger partial charge in [0.05, 0.1) is 24.4 Å². The highest BCUT2D eigenvalue weighted by Crippen LogP contribution is 2.31. The van der Waals surface area contributed by atoms with Gasteiger partial charge in [0.25, 0.3) is 0 Å². The predicted octanol–water partition coefficient (Wildman–Crippen LogP) is 5.36. The molecule has 5 rings (SSSR count). The number of amides is 1. The Morgan fingerprint density at radius 2 is 1.64 bits per heavy atom. The van der Waals surface area contributed by atoms with E-state index in [0.717, 1.165) is 16.5 Å². The van der Waals surface area contributed by atoms with E-state index in [1.54, 1.807) is 24.3 Å². The normalized spacial score (nSPS) is 11.1. The van der Waals surface area contributed by atoms with Crippen molar-refractivity contribution in [2.24, 2.45) is 0 Å². The molecule has 2 heterocycles. The second-order valence-electron chi connectivity index (χ2n) is 7.74. The first kappa shape index (κ1) is 20.6. The molecule has 3 N–H and O–H groups in total. The van der Waals surface area contributed by atoms with Crippen LogP contribution in [0.3, 0.4) is 0 Å². The number of hydrogen-bond donors (Lipinski definition) is 3. The number of nitrogens with one attached hydrogen (secondary N) is 3. The first-order chi connectivity index (χ1) is 16.1. The highest BCUT2D eigenvalue weighted by molar-refractivity contribution is 5.88. The lowest BCUT2D eigenvalue weighted by molar-refractivity contribution is -0.120. The zero-order valence-corrected chi connectivity index (χ0v) is 17.5. The van der Waals surface area contributed by atoms with Crippen molar-refractivity contribution >= 4 is 16.8 Å². The van der Waals surface area contributed by atoms with Gasteiger partial charge in [-0.05, 0) is 35.9 Å². The Bertz CT molecular complexity index is 1390. The van der Waals surface area contributed by atoms with Crippen LogP contribution in [0.4, 0.5) is 8.78 Å². The van der Waals surface area contributed by atoms with Gasteiger partial charge in [-0.15, -0.1) is 0 Å². The molecule has 0 radical (unpaired) electrons. The summed E-state index contributed by atoms with van der Waals surface area (Å²) in [5.41, 5.74) is 4.07. The first-order valence-corrected chi connectivity index (χ1v) is 10.5. The topological polar surface area (TPSA) is 73.6 Å². The molecule has 1 amide bonds. The third-order valence-electron chi connectivity index (χ3n) is 5.44. The maximum Gasteiger partial charge on any atom is 0.224 e. The van der Waals surface area contributed by atoms with E-state index in [0.29, 0.717) is 28.3 Å². The van der Waals surface area contributed by atoms with Gasteiger partial charge in [-0.2, -0.15) is 0 Å². The van der Waals surface area contributed by atoms with Crippen molar-refractivity contribution in [1.29, 1.82) is 0 Å². The molecule has 33 heavy (non-hydrogen) atoms. The maximum absolute atomic E-state index is 13.8. The highest BCUT2D eigenvalue weighted by atomic mass is 19.1. The number of para-hydroxylation sites is 1. The quantitative estimate of drug-likeness (QED) is 0.331. The molecule has 0 unspecified atom stereocenters. The number of benzene rings is 3. The lowest BCUT2D eigenvalue weighted by atomic mass is 10.0. The largest absolute Gasteiger partial charge is 0.361 e. The summed E-state index contributed by atoms with van der Waals surface area (Å²) < 4.78 is 27.7. The van der Waals surface area contributed by atoms with Crippen LogP contribution in [0.15, 0.2) is 79.0 Å². The Kier molecular flexibility index (Phi) is 5.44. The number of hydrogen-bond acceptors (Lipinski definition) is 2. The number of imidazole rings is 1. The number of fused-ring (bicyclic) bond motifs is 1. The standard InChI is InChI=1S/C26H20F2N4O/c27-19-7-3-5-16(11-19)25-26(17-6-4-8-20(28)12-17)32-23(31-25)15-30-24(33)13-18-14-29-22-10-2-1-9-21(18)22/h1-12,14,29H,13,15H2,(H,30,33)(H,31,32). The van der Waals surface area contributed by atoms with Crippen LogP contribution in [0.5, 0.6) is 0 Å². The molecule has 0 saturated carbocycles. The van der Waals surface area contributed by atoms with Crippen molar-refractivity contribution in [1.82, 2.24) is 20.3 Å². The number of aromatic amines is 2. The number of aromatic nitrogens is 3. The van der Waals surface area contributed by atoms with Crippen molar-refractivity contribution in [2.75, 3.05) is 0 Å². The summed E-state index contributed by atoms with van der Waals surface area (Å²) in [6.07, 6.45) is 2.06. The number of nitrogens with zero attached hydrogens (tertiary/aromatic N) is 1. The zero-order chi connectivity index (χ0) is 22.8. The second-order valence-corrected chi connectivity index (χ2v) is 7.74.